The van der Waals surface area contributed by atoms with Gasteiger partial charge in [0.2, 0.25) is 0 Å². The van der Waals surface area contributed by atoms with Crippen molar-refractivity contribution in [3.8, 4) is 0 Å². The molecule has 0 saturated carbocycles. The van der Waals surface area contributed by atoms with Crippen molar-refractivity contribution in [2.75, 3.05) is 13.6 Å². The summed E-state index contributed by atoms with van der Waals surface area (Å²) in [5.41, 5.74) is 1.94. The fourth-order valence-corrected chi connectivity index (χ4v) is 2.18. The van der Waals surface area contributed by atoms with E-state index in [1.165, 1.54) is 0 Å². The lowest BCUT2D eigenvalue weighted by molar-refractivity contribution is 0.178. The molecule has 1 aromatic heterocycles. The molecule has 2 N–H and O–H groups in total. The smallest absolute Gasteiger partial charge is 0.0915 e. The Kier molecular flexibility index (Phi) is 3.19. The van der Waals surface area contributed by atoms with E-state index >= 15 is 0 Å². The van der Waals surface area contributed by atoms with Crippen molar-refractivity contribution in [3.05, 3.63) is 35.0 Å². The molecule has 1 heterocycles. The molecule has 1 atom stereocenters. The van der Waals surface area contributed by atoms with Gasteiger partial charge in [0.1, 0.15) is 0 Å². The Bertz CT molecular complexity index is 507. The van der Waals surface area contributed by atoms with Crippen LogP contribution in [0.25, 0.3) is 10.9 Å². The first kappa shape index (κ1) is 11.5. The number of benzene rings is 1. The van der Waals surface area contributed by atoms with Crippen LogP contribution in [0.5, 0.6) is 0 Å². The van der Waals surface area contributed by atoms with E-state index in [1.54, 1.807) is 0 Å². The van der Waals surface area contributed by atoms with Gasteiger partial charge in [-0.3, -0.25) is 0 Å². The second kappa shape index (κ2) is 4.45. The van der Waals surface area contributed by atoms with E-state index < -0.39 is 6.10 Å². The van der Waals surface area contributed by atoms with E-state index in [9.17, 15) is 5.11 Å². The Hall–Kier alpha value is -1.03. The molecule has 16 heavy (non-hydrogen) atoms. The number of aryl methyl sites for hydroxylation is 1. The van der Waals surface area contributed by atoms with Gasteiger partial charge in [-0.1, -0.05) is 23.7 Å². The Morgan fingerprint density at radius 3 is 2.94 bits per heavy atom. The van der Waals surface area contributed by atoms with Crippen LogP contribution in [0.4, 0.5) is 0 Å². The molecule has 0 saturated heterocycles. The zero-order valence-electron chi connectivity index (χ0n) is 9.37. The molecule has 0 aliphatic carbocycles. The van der Waals surface area contributed by atoms with Crippen molar-refractivity contribution in [2.24, 2.45) is 7.05 Å². The molecule has 1 unspecified atom stereocenters. The van der Waals surface area contributed by atoms with Crippen LogP contribution in [-0.4, -0.2) is 23.3 Å². The summed E-state index contributed by atoms with van der Waals surface area (Å²) in [6.07, 6.45) is 1.39. The number of rotatable bonds is 3. The summed E-state index contributed by atoms with van der Waals surface area (Å²) in [7, 11) is 3.77. The van der Waals surface area contributed by atoms with E-state index in [0.717, 1.165) is 21.5 Å². The number of hydrogen-bond acceptors (Lipinski definition) is 2. The first-order chi connectivity index (χ1) is 7.63. The first-order valence-corrected chi connectivity index (χ1v) is 5.58. The Morgan fingerprint density at radius 2 is 2.25 bits per heavy atom. The number of nitrogens with zero attached hydrogens (tertiary/aromatic N) is 1. The maximum absolute atomic E-state index is 9.87. The lowest BCUT2D eigenvalue weighted by Crippen LogP contribution is -2.16. The van der Waals surface area contributed by atoms with Gasteiger partial charge in [-0.2, -0.15) is 0 Å². The molecule has 0 aliphatic rings. The first-order valence-electron chi connectivity index (χ1n) is 5.20. The SMILES string of the molecule is CNCC(O)c1ccc2c(Cl)cn(C)c2c1. The molecule has 2 rings (SSSR count). The van der Waals surface area contributed by atoms with Crippen LogP contribution in [0, 0.1) is 0 Å². The van der Waals surface area contributed by atoms with Crippen LogP contribution < -0.4 is 5.32 Å². The van der Waals surface area contributed by atoms with Gasteiger partial charge < -0.3 is 15.0 Å². The largest absolute Gasteiger partial charge is 0.387 e. The number of nitrogens with one attached hydrogen (secondary N) is 1. The van der Waals surface area contributed by atoms with E-state index in [-0.39, 0.29) is 0 Å². The third-order valence-electron chi connectivity index (χ3n) is 2.75. The normalized spacial score (nSPS) is 13.2. The van der Waals surface area contributed by atoms with E-state index in [1.807, 2.05) is 43.1 Å². The third-order valence-corrected chi connectivity index (χ3v) is 3.05. The summed E-state index contributed by atoms with van der Waals surface area (Å²) in [5, 5.41) is 14.6. The van der Waals surface area contributed by atoms with Gasteiger partial charge in [0.25, 0.3) is 0 Å². The predicted octanol–water partition coefficient (Wildman–Crippen LogP) is 2.08. The highest BCUT2D eigenvalue weighted by Crippen LogP contribution is 2.27. The van der Waals surface area contributed by atoms with Crippen molar-refractivity contribution < 1.29 is 5.11 Å². The van der Waals surface area contributed by atoms with Gasteiger partial charge in [0, 0.05) is 30.7 Å². The number of halogens is 1. The van der Waals surface area contributed by atoms with Gasteiger partial charge in [-0.15, -0.1) is 0 Å². The van der Waals surface area contributed by atoms with Gasteiger partial charge in [0.15, 0.2) is 0 Å². The van der Waals surface area contributed by atoms with E-state index in [2.05, 4.69) is 5.32 Å². The number of fused-ring (bicyclic) bond motifs is 1. The minimum atomic E-state index is -0.483. The molecule has 0 amide bonds. The second-order valence-corrected chi connectivity index (χ2v) is 4.35. The zero-order chi connectivity index (χ0) is 11.7. The van der Waals surface area contributed by atoms with Crippen molar-refractivity contribution in [2.45, 2.75) is 6.10 Å². The highest BCUT2D eigenvalue weighted by atomic mass is 35.5. The molecular weight excluding hydrogens is 224 g/mol. The summed E-state index contributed by atoms with van der Waals surface area (Å²) in [6.45, 7) is 0.545. The van der Waals surface area contributed by atoms with Crippen LogP contribution in [0.3, 0.4) is 0 Å². The van der Waals surface area contributed by atoms with E-state index in [4.69, 9.17) is 11.6 Å². The minimum absolute atomic E-state index is 0.483. The Balaban J connectivity index is 2.47. The molecule has 0 aliphatic heterocycles. The van der Waals surface area contributed by atoms with Crippen LogP contribution in [-0.2, 0) is 7.05 Å². The predicted molar refractivity (Wildman–Crippen MR) is 66.8 cm³/mol. The van der Waals surface area contributed by atoms with Crippen molar-refractivity contribution in [1.82, 2.24) is 9.88 Å². The zero-order valence-corrected chi connectivity index (χ0v) is 10.1. The fraction of sp³-hybridized carbons (Fsp3) is 0.333. The fourth-order valence-electron chi connectivity index (χ4n) is 1.87. The molecule has 0 bridgehead atoms. The van der Waals surface area contributed by atoms with Gasteiger partial charge >= 0.3 is 0 Å². The molecule has 0 radical (unpaired) electrons. The number of likely N-dealkylation sites (N-methyl/N-ethyl adjacent to an activating group) is 1. The van der Waals surface area contributed by atoms with Crippen LogP contribution in [0.15, 0.2) is 24.4 Å². The molecular formula is C12H15ClN2O. The molecule has 1 aromatic carbocycles. The minimum Gasteiger partial charge on any atom is -0.387 e. The van der Waals surface area contributed by atoms with Gasteiger partial charge in [-0.05, 0) is 18.7 Å². The number of aliphatic hydroxyl groups is 1. The summed E-state index contributed by atoms with van der Waals surface area (Å²) in [5.74, 6) is 0. The Morgan fingerprint density at radius 1 is 1.50 bits per heavy atom. The lowest BCUT2D eigenvalue weighted by Gasteiger charge is -2.10. The summed E-state index contributed by atoms with van der Waals surface area (Å²) in [4.78, 5) is 0. The molecule has 0 spiro atoms. The summed E-state index contributed by atoms with van der Waals surface area (Å²) >= 11 is 6.08. The maximum Gasteiger partial charge on any atom is 0.0915 e. The van der Waals surface area contributed by atoms with E-state index in [0.29, 0.717) is 6.54 Å². The highest BCUT2D eigenvalue weighted by Gasteiger charge is 2.10. The highest BCUT2D eigenvalue weighted by molar-refractivity contribution is 6.35. The van der Waals surface area contributed by atoms with Crippen LogP contribution in [0.1, 0.15) is 11.7 Å². The molecule has 2 aromatic rings. The summed E-state index contributed by atoms with van der Waals surface area (Å²) in [6, 6.07) is 5.84. The number of aliphatic hydroxyl groups excluding tert-OH is 1. The summed E-state index contributed by atoms with van der Waals surface area (Å²) < 4.78 is 1.97. The quantitative estimate of drug-likeness (QED) is 0.859. The average molecular weight is 239 g/mol. The number of aromatic nitrogens is 1. The molecule has 3 nitrogen and oxygen atoms in total. The van der Waals surface area contributed by atoms with Gasteiger partial charge in [0.05, 0.1) is 11.1 Å². The van der Waals surface area contributed by atoms with Crippen molar-refractivity contribution in [3.63, 3.8) is 0 Å². The molecule has 0 fully saturated rings. The average Bonchev–Trinajstić information content (AvgIpc) is 2.55. The maximum atomic E-state index is 9.87. The Labute approximate surface area is 99.6 Å². The second-order valence-electron chi connectivity index (χ2n) is 3.94. The lowest BCUT2D eigenvalue weighted by atomic mass is 10.1. The standard InChI is InChI=1S/C12H15ClN2O/c1-14-6-12(16)8-3-4-9-10(13)7-15(2)11(9)5-8/h3-5,7,12,14,16H,6H2,1-2H3. The van der Waals surface area contributed by atoms with Crippen LogP contribution >= 0.6 is 11.6 Å². The van der Waals surface area contributed by atoms with Crippen molar-refractivity contribution >= 4 is 22.5 Å². The third kappa shape index (κ3) is 1.94. The molecule has 4 heteroatoms. The topological polar surface area (TPSA) is 37.2 Å². The van der Waals surface area contributed by atoms with Crippen molar-refractivity contribution in [1.29, 1.82) is 0 Å². The number of hydrogen-bond donors (Lipinski definition) is 2. The van der Waals surface area contributed by atoms with Crippen LogP contribution in [0.2, 0.25) is 5.02 Å². The molecule has 86 valence electrons. The monoisotopic (exact) mass is 238 g/mol. The van der Waals surface area contributed by atoms with Gasteiger partial charge in [-0.25, -0.2) is 0 Å².